The molecule has 0 heterocycles. The summed E-state index contributed by atoms with van der Waals surface area (Å²) in [4.78, 5) is 12.4. The monoisotopic (exact) mass is 353 g/mol. The predicted octanol–water partition coefficient (Wildman–Crippen LogP) is 5.74. The van der Waals surface area contributed by atoms with Crippen molar-refractivity contribution in [3.05, 3.63) is 64.2 Å². The Morgan fingerprint density at radius 2 is 1.40 bits per heavy atom. The van der Waals surface area contributed by atoms with Crippen LogP contribution in [0.3, 0.4) is 0 Å². The van der Waals surface area contributed by atoms with Crippen LogP contribution in [-0.4, -0.2) is 5.91 Å². The number of para-hydroxylation sites is 1. The third-order valence-corrected chi connectivity index (χ3v) is 3.96. The van der Waals surface area contributed by atoms with E-state index < -0.39 is 34.7 Å². The van der Waals surface area contributed by atoms with E-state index in [2.05, 4.69) is 5.32 Å². The Labute approximate surface area is 143 Å². The Hall–Kier alpha value is -2.37. The molecular weight excluding hydrogens is 334 g/mol. The van der Waals surface area contributed by atoms with Gasteiger partial charge in [0, 0.05) is 5.69 Å². The van der Waals surface area contributed by atoms with Crippen molar-refractivity contribution < 1.29 is 22.4 Å². The summed E-state index contributed by atoms with van der Waals surface area (Å²) < 4.78 is 53.7. The summed E-state index contributed by atoms with van der Waals surface area (Å²) in [5.74, 6) is -8.22. The van der Waals surface area contributed by atoms with E-state index in [-0.39, 0.29) is 11.8 Å². The van der Waals surface area contributed by atoms with Crippen molar-refractivity contribution in [3.8, 4) is 0 Å². The molecule has 0 saturated carbocycles. The zero-order chi connectivity index (χ0) is 18.9. The first-order chi connectivity index (χ1) is 11.6. The Morgan fingerprint density at radius 1 is 0.880 bits per heavy atom. The van der Waals surface area contributed by atoms with E-state index in [0.29, 0.717) is 11.8 Å². The predicted molar refractivity (Wildman–Crippen MR) is 88.8 cm³/mol. The summed E-state index contributed by atoms with van der Waals surface area (Å²) in [6.07, 6.45) is 0. The highest BCUT2D eigenvalue weighted by Gasteiger charge is 2.24. The molecular formula is C19H19F4NO. The van der Waals surface area contributed by atoms with Gasteiger partial charge in [0.2, 0.25) is 0 Å². The molecule has 0 bridgehead atoms. The van der Waals surface area contributed by atoms with Crippen LogP contribution in [0.2, 0.25) is 0 Å². The lowest BCUT2D eigenvalue weighted by atomic mass is 9.92. The lowest BCUT2D eigenvalue weighted by Gasteiger charge is -2.20. The van der Waals surface area contributed by atoms with Crippen molar-refractivity contribution in [2.75, 3.05) is 5.32 Å². The van der Waals surface area contributed by atoms with Gasteiger partial charge in [-0.3, -0.25) is 4.79 Å². The number of carbonyl (C=O) groups is 1. The van der Waals surface area contributed by atoms with Gasteiger partial charge in [-0.2, -0.15) is 0 Å². The Morgan fingerprint density at radius 3 is 1.88 bits per heavy atom. The fourth-order valence-corrected chi connectivity index (χ4v) is 2.61. The maximum absolute atomic E-state index is 13.9. The highest BCUT2D eigenvalue weighted by Crippen LogP contribution is 2.33. The number of nitrogens with one attached hydrogen (secondary N) is 1. The van der Waals surface area contributed by atoms with Gasteiger partial charge in [0.1, 0.15) is 0 Å². The van der Waals surface area contributed by atoms with E-state index in [0.717, 1.165) is 11.1 Å². The third kappa shape index (κ3) is 3.67. The van der Waals surface area contributed by atoms with Gasteiger partial charge in [-0.25, -0.2) is 17.6 Å². The molecule has 0 spiro atoms. The Balaban J connectivity index is 2.52. The maximum Gasteiger partial charge on any atom is 0.258 e. The van der Waals surface area contributed by atoms with Gasteiger partial charge >= 0.3 is 0 Å². The number of rotatable bonds is 4. The van der Waals surface area contributed by atoms with Gasteiger partial charge in [0.05, 0.1) is 5.56 Å². The molecule has 0 aliphatic rings. The highest BCUT2D eigenvalue weighted by atomic mass is 19.2. The minimum Gasteiger partial charge on any atom is -0.321 e. The molecule has 0 aliphatic carbocycles. The van der Waals surface area contributed by atoms with Crippen molar-refractivity contribution in [3.63, 3.8) is 0 Å². The molecule has 2 aromatic rings. The zero-order valence-electron chi connectivity index (χ0n) is 14.4. The first kappa shape index (κ1) is 19.0. The van der Waals surface area contributed by atoms with E-state index in [4.69, 9.17) is 0 Å². The van der Waals surface area contributed by atoms with E-state index in [1.165, 1.54) is 0 Å². The molecule has 0 atom stereocenters. The van der Waals surface area contributed by atoms with Gasteiger partial charge in [-0.1, -0.05) is 45.9 Å². The second kappa shape index (κ2) is 7.25. The summed E-state index contributed by atoms with van der Waals surface area (Å²) in [6, 6.07) is 5.83. The standard InChI is InChI=1S/C19H19F4NO/c1-9(2)11-6-5-7-12(10(3)4)18(11)24-19(25)13-8-14(20)16(22)17(23)15(13)21/h5-10H,1-4H3,(H,24,25). The van der Waals surface area contributed by atoms with Crippen molar-refractivity contribution in [1.29, 1.82) is 0 Å². The van der Waals surface area contributed by atoms with Crippen LogP contribution in [-0.2, 0) is 0 Å². The molecule has 0 fully saturated rings. The lowest BCUT2D eigenvalue weighted by molar-refractivity contribution is 0.102. The lowest BCUT2D eigenvalue weighted by Crippen LogP contribution is -2.19. The molecule has 2 aromatic carbocycles. The van der Waals surface area contributed by atoms with Gasteiger partial charge < -0.3 is 5.32 Å². The largest absolute Gasteiger partial charge is 0.321 e. The minimum atomic E-state index is -2.01. The Bertz CT molecular complexity index is 789. The second-order valence-corrected chi connectivity index (χ2v) is 6.42. The number of anilines is 1. The SMILES string of the molecule is CC(C)c1cccc(C(C)C)c1NC(=O)c1cc(F)c(F)c(F)c1F. The minimum absolute atomic E-state index is 0.0561. The summed E-state index contributed by atoms with van der Waals surface area (Å²) in [6.45, 7) is 7.69. The molecule has 134 valence electrons. The average Bonchev–Trinajstić information content (AvgIpc) is 2.55. The third-order valence-electron chi connectivity index (χ3n) is 3.96. The molecule has 0 radical (unpaired) electrons. The molecule has 0 aromatic heterocycles. The number of benzene rings is 2. The number of hydrogen-bond donors (Lipinski definition) is 1. The van der Waals surface area contributed by atoms with Crippen LogP contribution in [0.25, 0.3) is 0 Å². The van der Waals surface area contributed by atoms with Gasteiger partial charge in [-0.05, 0) is 29.0 Å². The van der Waals surface area contributed by atoms with Gasteiger partial charge in [0.25, 0.3) is 5.91 Å². The summed E-state index contributed by atoms with van der Waals surface area (Å²) in [5, 5.41) is 2.54. The van der Waals surface area contributed by atoms with Crippen LogP contribution in [0.4, 0.5) is 23.2 Å². The molecule has 2 nitrogen and oxygen atoms in total. The smallest absolute Gasteiger partial charge is 0.258 e. The normalized spacial score (nSPS) is 11.3. The van der Waals surface area contributed by atoms with Crippen LogP contribution in [0, 0.1) is 23.3 Å². The topological polar surface area (TPSA) is 29.1 Å². The molecule has 1 N–H and O–H groups in total. The van der Waals surface area contributed by atoms with Crippen LogP contribution in [0.15, 0.2) is 24.3 Å². The molecule has 25 heavy (non-hydrogen) atoms. The van der Waals surface area contributed by atoms with Crippen LogP contribution < -0.4 is 5.32 Å². The summed E-state index contributed by atoms with van der Waals surface area (Å²) >= 11 is 0. The fraction of sp³-hybridized carbons (Fsp3) is 0.316. The van der Waals surface area contributed by atoms with Gasteiger partial charge in [0.15, 0.2) is 23.3 Å². The van der Waals surface area contributed by atoms with Crippen LogP contribution >= 0.6 is 0 Å². The highest BCUT2D eigenvalue weighted by molar-refractivity contribution is 6.05. The molecule has 2 rings (SSSR count). The Kier molecular flexibility index (Phi) is 5.50. The summed E-state index contributed by atoms with van der Waals surface area (Å²) in [7, 11) is 0. The quantitative estimate of drug-likeness (QED) is 0.424. The van der Waals surface area contributed by atoms with Gasteiger partial charge in [-0.15, -0.1) is 0 Å². The number of amides is 1. The molecule has 6 heteroatoms. The number of halogens is 4. The van der Waals surface area contributed by atoms with Crippen molar-refractivity contribution in [2.24, 2.45) is 0 Å². The molecule has 1 amide bonds. The number of carbonyl (C=O) groups excluding carboxylic acids is 1. The number of hydrogen-bond acceptors (Lipinski definition) is 1. The first-order valence-electron chi connectivity index (χ1n) is 7.92. The fourth-order valence-electron chi connectivity index (χ4n) is 2.61. The van der Waals surface area contributed by atoms with Crippen molar-refractivity contribution in [2.45, 2.75) is 39.5 Å². The van der Waals surface area contributed by atoms with E-state index >= 15 is 0 Å². The summed E-state index contributed by atoms with van der Waals surface area (Å²) in [5.41, 5.74) is 1.21. The molecule has 0 unspecified atom stereocenters. The van der Waals surface area contributed by atoms with E-state index in [1.807, 2.05) is 45.9 Å². The van der Waals surface area contributed by atoms with Crippen molar-refractivity contribution >= 4 is 11.6 Å². The average molecular weight is 353 g/mol. The van der Waals surface area contributed by atoms with Crippen LogP contribution in [0.1, 0.15) is 61.0 Å². The van der Waals surface area contributed by atoms with Crippen LogP contribution in [0.5, 0.6) is 0 Å². The van der Waals surface area contributed by atoms with E-state index in [9.17, 15) is 22.4 Å². The molecule has 0 saturated heterocycles. The van der Waals surface area contributed by atoms with E-state index in [1.54, 1.807) is 0 Å². The molecule has 0 aliphatic heterocycles. The first-order valence-corrected chi connectivity index (χ1v) is 7.92. The maximum atomic E-state index is 13.9. The zero-order valence-corrected chi connectivity index (χ0v) is 14.4. The van der Waals surface area contributed by atoms with Crippen molar-refractivity contribution in [1.82, 2.24) is 0 Å². The second-order valence-electron chi connectivity index (χ2n) is 6.42.